The number of benzene rings is 1. The first-order valence-electron chi connectivity index (χ1n) is 4.14. The number of nitrogens with two attached hydrogens (primary N) is 1. The van der Waals surface area contributed by atoms with Gasteiger partial charge in [-0.05, 0) is 24.1 Å². The fourth-order valence-electron chi connectivity index (χ4n) is 1.01. The van der Waals surface area contributed by atoms with Gasteiger partial charge in [0.05, 0.1) is 6.54 Å². The summed E-state index contributed by atoms with van der Waals surface area (Å²) in [6, 6.07) is 7.78. The largest absolute Gasteiger partial charge is 0.368 e. The summed E-state index contributed by atoms with van der Waals surface area (Å²) in [5.41, 5.74) is 6.17. The molecule has 5 heteroatoms. The van der Waals surface area contributed by atoms with Crippen LogP contribution in [-0.4, -0.2) is 22.8 Å². The van der Waals surface area contributed by atoms with Crippen molar-refractivity contribution in [3.63, 3.8) is 0 Å². The van der Waals surface area contributed by atoms with E-state index in [1.165, 1.54) is 0 Å². The molecule has 0 aromatic heterocycles. The number of rotatable bonds is 3. The first-order valence-corrected chi connectivity index (χ1v) is 4.94. The summed E-state index contributed by atoms with van der Waals surface area (Å²) in [6.07, 6.45) is 0.656. The third-order valence-corrected chi connectivity index (χ3v) is 2.33. The molecule has 76 valence electrons. The zero-order chi connectivity index (χ0) is 10.6. The molecule has 0 spiro atoms. The normalized spacial score (nSPS) is 9.86. The molecule has 0 bridgehead atoms. The van der Waals surface area contributed by atoms with Gasteiger partial charge in [-0.15, -0.1) is 0 Å². The van der Waals surface area contributed by atoms with Crippen molar-refractivity contribution in [2.75, 3.05) is 6.54 Å². The first kappa shape index (κ1) is 11.0. The van der Waals surface area contributed by atoms with Gasteiger partial charge >= 0.3 is 0 Å². The van der Waals surface area contributed by atoms with Gasteiger partial charge in [0.25, 0.3) is 0 Å². The van der Waals surface area contributed by atoms with Gasteiger partial charge < -0.3 is 5.73 Å². The molecular formula is C9H12BrN3O. The molecule has 0 aliphatic rings. The molecule has 4 N–H and O–H groups in total. The summed E-state index contributed by atoms with van der Waals surface area (Å²) in [5, 5.41) is 16.8. The van der Waals surface area contributed by atoms with Crippen LogP contribution in [0.4, 0.5) is 0 Å². The zero-order valence-electron chi connectivity index (χ0n) is 7.57. The van der Waals surface area contributed by atoms with Crippen LogP contribution < -0.4 is 5.73 Å². The molecule has 0 fully saturated rings. The van der Waals surface area contributed by atoms with Gasteiger partial charge in [-0.1, -0.05) is 28.1 Å². The number of guanidine groups is 1. The van der Waals surface area contributed by atoms with E-state index in [1.807, 2.05) is 24.3 Å². The molecule has 14 heavy (non-hydrogen) atoms. The predicted octanol–water partition coefficient (Wildman–Crippen LogP) is 1.58. The number of nitrogens with zero attached hydrogens (tertiary/aromatic N) is 1. The second-order valence-corrected chi connectivity index (χ2v) is 3.80. The van der Waals surface area contributed by atoms with E-state index in [0.717, 1.165) is 15.1 Å². The van der Waals surface area contributed by atoms with E-state index in [2.05, 4.69) is 15.9 Å². The molecule has 0 aliphatic heterocycles. The minimum atomic E-state index is -0.331. The maximum absolute atomic E-state index is 9.12. The van der Waals surface area contributed by atoms with Crippen molar-refractivity contribution in [1.82, 2.24) is 5.06 Å². The Hall–Kier alpha value is -1.07. The summed E-state index contributed by atoms with van der Waals surface area (Å²) >= 11 is 3.33. The highest BCUT2D eigenvalue weighted by molar-refractivity contribution is 9.10. The molecule has 0 heterocycles. The number of hydrogen-bond acceptors (Lipinski definition) is 2. The van der Waals surface area contributed by atoms with Gasteiger partial charge in [-0.3, -0.25) is 10.6 Å². The molecule has 0 saturated carbocycles. The Balaban J connectivity index is 2.46. The fourth-order valence-corrected chi connectivity index (χ4v) is 1.27. The number of hydroxylamine groups is 2. The van der Waals surface area contributed by atoms with Crippen LogP contribution in [0.2, 0.25) is 0 Å². The summed E-state index contributed by atoms with van der Waals surface area (Å²) < 4.78 is 1.02. The average Bonchev–Trinajstić information content (AvgIpc) is 2.16. The maximum Gasteiger partial charge on any atom is 0.212 e. The summed E-state index contributed by atoms with van der Waals surface area (Å²) in [6.45, 7) is 0.330. The number of hydrogen-bond donors (Lipinski definition) is 3. The van der Waals surface area contributed by atoms with Crippen LogP contribution in [0.3, 0.4) is 0 Å². The van der Waals surface area contributed by atoms with Gasteiger partial charge in [0.2, 0.25) is 5.96 Å². The Morgan fingerprint density at radius 1 is 1.43 bits per heavy atom. The molecule has 0 unspecified atom stereocenters. The van der Waals surface area contributed by atoms with Crippen LogP contribution in [0.5, 0.6) is 0 Å². The van der Waals surface area contributed by atoms with Crippen molar-refractivity contribution in [3.8, 4) is 0 Å². The van der Waals surface area contributed by atoms with Gasteiger partial charge in [0.15, 0.2) is 0 Å². The molecule has 1 aromatic carbocycles. The topological polar surface area (TPSA) is 73.3 Å². The first-order chi connectivity index (χ1) is 6.59. The predicted molar refractivity (Wildman–Crippen MR) is 58.3 cm³/mol. The van der Waals surface area contributed by atoms with E-state index >= 15 is 0 Å². The van der Waals surface area contributed by atoms with E-state index in [9.17, 15) is 0 Å². The fraction of sp³-hybridized carbons (Fsp3) is 0.222. The Bertz CT molecular complexity index is 312. The molecule has 0 atom stereocenters. The Morgan fingerprint density at radius 2 is 2.00 bits per heavy atom. The van der Waals surface area contributed by atoms with Crippen molar-refractivity contribution in [2.45, 2.75) is 6.42 Å². The summed E-state index contributed by atoms with van der Waals surface area (Å²) in [7, 11) is 0. The van der Waals surface area contributed by atoms with Crippen LogP contribution in [0.15, 0.2) is 28.7 Å². The SMILES string of the molecule is N=C(N)N(O)CCc1ccc(Br)cc1. The Morgan fingerprint density at radius 3 is 2.50 bits per heavy atom. The minimum absolute atomic E-state index is 0.330. The van der Waals surface area contributed by atoms with Crippen molar-refractivity contribution < 1.29 is 5.21 Å². The lowest BCUT2D eigenvalue weighted by molar-refractivity contribution is -0.0158. The van der Waals surface area contributed by atoms with E-state index < -0.39 is 0 Å². The van der Waals surface area contributed by atoms with Gasteiger partial charge in [0, 0.05) is 4.47 Å². The van der Waals surface area contributed by atoms with Crippen molar-refractivity contribution >= 4 is 21.9 Å². The quantitative estimate of drug-likeness (QED) is 0.437. The molecule has 0 aliphatic carbocycles. The van der Waals surface area contributed by atoms with E-state index in [-0.39, 0.29) is 5.96 Å². The van der Waals surface area contributed by atoms with Crippen LogP contribution in [-0.2, 0) is 6.42 Å². The van der Waals surface area contributed by atoms with Crippen LogP contribution >= 0.6 is 15.9 Å². The van der Waals surface area contributed by atoms with E-state index in [0.29, 0.717) is 13.0 Å². The minimum Gasteiger partial charge on any atom is -0.368 e. The van der Waals surface area contributed by atoms with Crippen molar-refractivity contribution in [1.29, 1.82) is 5.41 Å². The molecular weight excluding hydrogens is 246 g/mol. The molecule has 1 rings (SSSR count). The highest BCUT2D eigenvalue weighted by atomic mass is 79.9. The van der Waals surface area contributed by atoms with Gasteiger partial charge in [-0.2, -0.15) is 0 Å². The third kappa shape index (κ3) is 3.35. The van der Waals surface area contributed by atoms with Gasteiger partial charge in [-0.25, -0.2) is 5.06 Å². The second-order valence-electron chi connectivity index (χ2n) is 2.88. The summed E-state index contributed by atoms with van der Waals surface area (Å²) in [5.74, 6) is -0.331. The summed E-state index contributed by atoms with van der Waals surface area (Å²) in [4.78, 5) is 0. The molecule has 0 amide bonds. The standard InChI is InChI=1S/C9H12BrN3O/c10-8-3-1-7(2-4-8)5-6-13(14)9(11)12/h1-4,14H,5-6H2,(H3,11,12). The lowest BCUT2D eigenvalue weighted by atomic mass is 10.1. The maximum atomic E-state index is 9.12. The lowest BCUT2D eigenvalue weighted by Crippen LogP contribution is -2.34. The van der Waals surface area contributed by atoms with E-state index in [4.69, 9.17) is 16.4 Å². The van der Waals surface area contributed by atoms with Crippen LogP contribution in [0, 0.1) is 5.41 Å². The van der Waals surface area contributed by atoms with Gasteiger partial charge in [0.1, 0.15) is 0 Å². The van der Waals surface area contributed by atoms with E-state index in [1.54, 1.807) is 0 Å². The van der Waals surface area contributed by atoms with Crippen molar-refractivity contribution in [3.05, 3.63) is 34.3 Å². The van der Waals surface area contributed by atoms with Crippen molar-refractivity contribution in [2.24, 2.45) is 5.73 Å². The molecule has 0 saturated heterocycles. The van der Waals surface area contributed by atoms with Crippen LogP contribution in [0.1, 0.15) is 5.56 Å². The number of nitrogens with one attached hydrogen (secondary N) is 1. The zero-order valence-corrected chi connectivity index (χ0v) is 9.16. The molecule has 1 aromatic rings. The highest BCUT2D eigenvalue weighted by Gasteiger charge is 2.01. The second kappa shape index (κ2) is 4.97. The average molecular weight is 258 g/mol. The lowest BCUT2D eigenvalue weighted by Gasteiger charge is -2.13. The highest BCUT2D eigenvalue weighted by Crippen LogP contribution is 2.10. The Labute approximate surface area is 90.9 Å². The molecule has 0 radical (unpaired) electrons. The molecule has 4 nitrogen and oxygen atoms in total. The smallest absolute Gasteiger partial charge is 0.212 e. The Kier molecular flexibility index (Phi) is 3.91. The third-order valence-electron chi connectivity index (χ3n) is 1.80. The number of halogens is 1. The monoisotopic (exact) mass is 257 g/mol. The van der Waals surface area contributed by atoms with Crippen LogP contribution in [0.25, 0.3) is 0 Å².